The number of rotatable bonds is 5. The van der Waals surface area contributed by atoms with Gasteiger partial charge in [-0.3, -0.25) is 4.79 Å². The number of methoxy groups -OCH3 is 1. The third-order valence-corrected chi connectivity index (χ3v) is 3.87. The molecule has 0 aliphatic carbocycles. The number of nitrogens with one attached hydrogen (secondary N) is 1. The predicted molar refractivity (Wildman–Crippen MR) is 95.4 cm³/mol. The predicted octanol–water partition coefficient (Wildman–Crippen LogP) is 3.95. The molecule has 126 valence electrons. The van der Waals surface area contributed by atoms with Crippen LogP contribution < -0.4 is 10.1 Å². The molecule has 2 aromatic rings. The molecule has 1 atom stereocenters. The summed E-state index contributed by atoms with van der Waals surface area (Å²) in [4.78, 5) is 24.5. The third kappa shape index (κ3) is 4.58. The number of ether oxygens (including phenoxy) is 2. The first kappa shape index (κ1) is 18.0. The van der Waals surface area contributed by atoms with E-state index >= 15 is 0 Å². The summed E-state index contributed by atoms with van der Waals surface area (Å²) in [5.41, 5.74) is 1.81. The van der Waals surface area contributed by atoms with Crippen molar-refractivity contribution < 1.29 is 19.1 Å². The van der Waals surface area contributed by atoms with Crippen molar-refractivity contribution in [1.29, 1.82) is 0 Å². The quantitative estimate of drug-likeness (QED) is 0.783. The molecule has 2 rings (SSSR count). The van der Waals surface area contributed by atoms with E-state index in [4.69, 9.17) is 9.47 Å². The Hall–Kier alpha value is -2.34. The van der Waals surface area contributed by atoms with Crippen LogP contribution in [0.15, 0.2) is 46.9 Å². The lowest BCUT2D eigenvalue weighted by atomic mass is 10.1. The first-order chi connectivity index (χ1) is 11.4. The molecule has 6 heteroatoms. The summed E-state index contributed by atoms with van der Waals surface area (Å²) in [7, 11) is 1.48. The highest BCUT2D eigenvalue weighted by Gasteiger charge is 2.21. The van der Waals surface area contributed by atoms with Gasteiger partial charge in [0.05, 0.1) is 7.11 Å². The normalized spacial score (nSPS) is 11.5. The Morgan fingerprint density at radius 2 is 1.79 bits per heavy atom. The first-order valence-electron chi connectivity index (χ1n) is 7.32. The highest BCUT2D eigenvalue weighted by molar-refractivity contribution is 9.10. The zero-order chi connectivity index (χ0) is 17.7. The maximum Gasteiger partial charge on any atom is 0.342 e. The summed E-state index contributed by atoms with van der Waals surface area (Å²) in [6, 6.07) is 12.3. The maximum absolute atomic E-state index is 12.3. The molecule has 1 N–H and O–H groups in total. The van der Waals surface area contributed by atoms with Crippen LogP contribution in [0.4, 0.5) is 5.69 Å². The number of carbonyl (C=O) groups excluding carboxylic acids is 2. The number of hydrogen-bond donors (Lipinski definition) is 1. The molecule has 0 saturated heterocycles. The minimum Gasteiger partial charge on any atom is -0.496 e. The fraction of sp³-hybridized carbons (Fsp3) is 0.222. The monoisotopic (exact) mass is 391 g/mol. The Morgan fingerprint density at radius 1 is 1.12 bits per heavy atom. The number of benzene rings is 2. The molecule has 1 amide bonds. The van der Waals surface area contributed by atoms with Gasteiger partial charge in [-0.25, -0.2) is 4.79 Å². The molecule has 0 aliphatic rings. The number of hydrogen-bond acceptors (Lipinski definition) is 4. The van der Waals surface area contributed by atoms with E-state index in [1.54, 1.807) is 24.3 Å². The second-order valence-corrected chi connectivity index (χ2v) is 6.16. The molecule has 0 unspecified atom stereocenters. The first-order valence-corrected chi connectivity index (χ1v) is 8.12. The number of carbonyl (C=O) groups is 2. The largest absolute Gasteiger partial charge is 0.496 e. The third-order valence-electron chi connectivity index (χ3n) is 3.34. The van der Waals surface area contributed by atoms with Crippen molar-refractivity contribution >= 4 is 33.5 Å². The van der Waals surface area contributed by atoms with Crippen LogP contribution >= 0.6 is 15.9 Å². The smallest absolute Gasteiger partial charge is 0.342 e. The Kier molecular flexibility index (Phi) is 5.98. The van der Waals surface area contributed by atoms with Crippen molar-refractivity contribution in [3.63, 3.8) is 0 Å². The maximum atomic E-state index is 12.3. The molecule has 24 heavy (non-hydrogen) atoms. The number of halogens is 1. The van der Waals surface area contributed by atoms with Crippen LogP contribution in [0, 0.1) is 6.92 Å². The average Bonchev–Trinajstić information content (AvgIpc) is 2.56. The highest BCUT2D eigenvalue weighted by atomic mass is 79.9. The van der Waals surface area contributed by atoms with E-state index in [1.165, 1.54) is 14.0 Å². The Labute approximate surface area is 149 Å². The molecular weight excluding hydrogens is 374 g/mol. The molecule has 0 heterocycles. The van der Waals surface area contributed by atoms with E-state index in [9.17, 15) is 9.59 Å². The van der Waals surface area contributed by atoms with Crippen LogP contribution in [0.5, 0.6) is 5.75 Å². The van der Waals surface area contributed by atoms with Crippen molar-refractivity contribution in [3.05, 3.63) is 58.1 Å². The molecular formula is C18H18BrNO4. The summed E-state index contributed by atoms with van der Waals surface area (Å²) in [5, 5.41) is 2.70. The van der Waals surface area contributed by atoms with Gasteiger partial charge in [0.2, 0.25) is 0 Å². The summed E-state index contributed by atoms with van der Waals surface area (Å²) >= 11 is 3.32. The number of anilines is 1. The van der Waals surface area contributed by atoms with E-state index in [1.807, 2.05) is 25.1 Å². The SMILES string of the molecule is COc1ccc(C)cc1C(=O)O[C@@H](C)C(=O)Nc1ccc(Br)cc1. The van der Waals surface area contributed by atoms with Gasteiger partial charge in [0.25, 0.3) is 5.91 Å². The Morgan fingerprint density at radius 3 is 2.42 bits per heavy atom. The van der Waals surface area contributed by atoms with E-state index in [-0.39, 0.29) is 0 Å². The second-order valence-electron chi connectivity index (χ2n) is 5.25. The number of esters is 1. The zero-order valence-electron chi connectivity index (χ0n) is 13.6. The van der Waals surface area contributed by atoms with Gasteiger partial charge in [-0.2, -0.15) is 0 Å². The summed E-state index contributed by atoms with van der Waals surface area (Å²) in [6.45, 7) is 3.38. The van der Waals surface area contributed by atoms with E-state index in [2.05, 4.69) is 21.2 Å². The van der Waals surface area contributed by atoms with Crippen LogP contribution in [0.2, 0.25) is 0 Å². The Balaban J connectivity index is 2.04. The lowest BCUT2D eigenvalue weighted by Crippen LogP contribution is -2.30. The molecule has 0 radical (unpaired) electrons. The van der Waals surface area contributed by atoms with Gasteiger partial charge in [-0.1, -0.05) is 27.6 Å². The molecule has 2 aromatic carbocycles. The van der Waals surface area contributed by atoms with Crippen molar-refractivity contribution in [2.24, 2.45) is 0 Å². The molecule has 0 spiro atoms. The van der Waals surface area contributed by atoms with Gasteiger partial charge in [-0.05, 0) is 50.2 Å². The fourth-order valence-electron chi connectivity index (χ4n) is 2.04. The van der Waals surface area contributed by atoms with E-state index in [0.29, 0.717) is 17.0 Å². The van der Waals surface area contributed by atoms with Crippen molar-refractivity contribution in [2.75, 3.05) is 12.4 Å². The van der Waals surface area contributed by atoms with Crippen molar-refractivity contribution in [2.45, 2.75) is 20.0 Å². The minimum atomic E-state index is -0.939. The van der Waals surface area contributed by atoms with Crippen molar-refractivity contribution in [3.8, 4) is 5.75 Å². The number of aryl methyl sites for hydroxylation is 1. The summed E-state index contributed by atoms with van der Waals surface area (Å²) in [6.07, 6.45) is -0.939. The lowest BCUT2D eigenvalue weighted by Gasteiger charge is -2.15. The van der Waals surface area contributed by atoms with Gasteiger partial charge in [0.15, 0.2) is 6.10 Å². The van der Waals surface area contributed by atoms with Crippen LogP contribution in [0.1, 0.15) is 22.8 Å². The second kappa shape index (κ2) is 7.97. The fourth-order valence-corrected chi connectivity index (χ4v) is 2.30. The summed E-state index contributed by atoms with van der Waals surface area (Å²) < 4.78 is 11.3. The standard InChI is InChI=1S/C18H18BrNO4/c1-11-4-9-16(23-3)15(10-11)18(22)24-12(2)17(21)20-14-7-5-13(19)6-8-14/h4-10,12H,1-3H3,(H,20,21)/t12-/m0/s1. The minimum absolute atomic E-state index is 0.292. The van der Waals surface area contributed by atoms with Crippen LogP contribution in [-0.2, 0) is 9.53 Å². The van der Waals surface area contributed by atoms with Crippen LogP contribution in [-0.4, -0.2) is 25.1 Å². The topological polar surface area (TPSA) is 64.6 Å². The van der Waals surface area contributed by atoms with Gasteiger partial charge < -0.3 is 14.8 Å². The van der Waals surface area contributed by atoms with Gasteiger partial charge in [-0.15, -0.1) is 0 Å². The Bertz CT molecular complexity index is 743. The average molecular weight is 392 g/mol. The van der Waals surface area contributed by atoms with E-state index < -0.39 is 18.0 Å². The van der Waals surface area contributed by atoms with E-state index in [0.717, 1.165) is 10.0 Å². The van der Waals surface area contributed by atoms with Gasteiger partial charge >= 0.3 is 5.97 Å². The zero-order valence-corrected chi connectivity index (χ0v) is 15.2. The molecule has 5 nitrogen and oxygen atoms in total. The van der Waals surface area contributed by atoms with Crippen LogP contribution in [0.3, 0.4) is 0 Å². The number of amides is 1. The molecule has 0 aromatic heterocycles. The molecule has 0 aliphatic heterocycles. The van der Waals surface area contributed by atoms with Crippen LogP contribution in [0.25, 0.3) is 0 Å². The highest BCUT2D eigenvalue weighted by Crippen LogP contribution is 2.21. The van der Waals surface area contributed by atoms with Gasteiger partial charge in [0.1, 0.15) is 11.3 Å². The molecule has 0 bridgehead atoms. The molecule has 0 fully saturated rings. The van der Waals surface area contributed by atoms with Gasteiger partial charge in [0, 0.05) is 10.2 Å². The summed E-state index contributed by atoms with van der Waals surface area (Å²) in [5.74, 6) is -0.600. The lowest BCUT2D eigenvalue weighted by molar-refractivity contribution is -0.123. The molecule has 0 saturated carbocycles. The van der Waals surface area contributed by atoms with Crippen molar-refractivity contribution in [1.82, 2.24) is 0 Å².